The van der Waals surface area contributed by atoms with Crippen LogP contribution in [0.3, 0.4) is 0 Å². The molecule has 28 heavy (non-hydrogen) atoms. The van der Waals surface area contributed by atoms with Crippen molar-refractivity contribution in [1.29, 1.82) is 5.26 Å². The zero-order chi connectivity index (χ0) is 20.4. The van der Waals surface area contributed by atoms with Gasteiger partial charge >= 0.3 is 0 Å². The lowest BCUT2D eigenvalue weighted by atomic mass is 10.0. The van der Waals surface area contributed by atoms with Crippen molar-refractivity contribution in [1.82, 2.24) is 14.5 Å². The number of anilines is 1. The van der Waals surface area contributed by atoms with Crippen molar-refractivity contribution >= 4 is 40.0 Å². The first-order valence-corrected chi connectivity index (χ1v) is 10.2. The molecule has 0 aliphatic carbocycles. The molecule has 3 rings (SSSR count). The van der Waals surface area contributed by atoms with Gasteiger partial charge in [0.25, 0.3) is 5.56 Å². The molecule has 2 aromatic heterocycles. The Morgan fingerprint density at radius 2 is 2.11 bits per heavy atom. The molecule has 1 atom stereocenters. The number of nitriles is 1. The summed E-state index contributed by atoms with van der Waals surface area (Å²) < 4.78 is 1.59. The van der Waals surface area contributed by atoms with Crippen LogP contribution in [0.15, 0.2) is 34.2 Å². The van der Waals surface area contributed by atoms with Crippen LogP contribution >= 0.6 is 23.4 Å². The van der Waals surface area contributed by atoms with E-state index in [2.05, 4.69) is 16.4 Å². The van der Waals surface area contributed by atoms with E-state index in [-0.39, 0.29) is 22.4 Å². The largest absolute Gasteiger partial charge is 0.376 e. The van der Waals surface area contributed by atoms with Crippen LogP contribution in [-0.4, -0.2) is 20.3 Å². The summed E-state index contributed by atoms with van der Waals surface area (Å²) in [5, 5.41) is 14.2. The molecule has 144 valence electrons. The number of thioether (sulfide) groups is 1. The molecule has 3 aromatic rings. The molecule has 0 spiro atoms. The molecule has 0 aliphatic heterocycles. The highest BCUT2D eigenvalue weighted by Gasteiger charge is 2.17. The third kappa shape index (κ3) is 3.84. The minimum absolute atomic E-state index is 0.0658. The molecule has 1 aromatic carbocycles. The molecule has 0 saturated carbocycles. The number of nitrogens with zero attached hydrogens (tertiary/aromatic N) is 4. The number of hydrogen-bond donors (Lipinski definition) is 1. The summed E-state index contributed by atoms with van der Waals surface area (Å²) in [6, 6.07) is 9.10. The van der Waals surface area contributed by atoms with Crippen LogP contribution in [0, 0.1) is 18.3 Å². The fourth-order valence-electron chi connectivity index (χ4n) is 3.07. The molecule has 8 heteroatoms. The first-order chi connectivity index (χ1) is 13.3. The lowest BCUT2D eigenvalue weighted by molar-refractivity contribution is 0.723. The second-order valence-corrected chi connectivity index (χ2v) is 8.07. The summed E-state index contributed by atoms with van der Waals surface area (Å²) in [7, 11) is 1.75. The second-order valence-electron chi connectivity index (χ2n) is 6.45. The molecule has 0 aliphatic rings. The first-order valence-electron chi connectivity index (χ1n) is 8.83. The van der Waals surface area contributed by atoms with Gasteiger partial charge in [-0.2, -0.15) is 5.26 Å². The van der Waals surface area contributed by atoms with Crippen LogP contribution in [0.5, 0.6) is 0 Å². The molecule has 2 heterocycles. The number of halogens is 1. The standard InChI is InChI=1S/C20H20ClN5OS/c1-5-28-20-25-18-13(8-11(2)9-14(18)19(27)26(20)4)12(3)23-15-6-7-17(21)24-16(15)10-22/h6-9,12,23H,5H2,1-4H3/t12-/m1/s1. The van der Waals surface area contributed by atoms with Crippen molar-refractivity contribution in [3.05, 3.63) is 56.6 Å². The van der Waals surface area contributed by atoms with E-state index in [1.807, 2.05) is 32.9 Å². The maximum Gasteiger partial charge on any atom is 0.261 e. The summed E-state index contributed by atoms with van der Waals surface area (Å²) >= 11 is 7.42. The molecule has 0 fully saturated rings. The average molecular weight is 414 g/mol. The minimum Gasteiger partial charge on any atom is -0.376 e. The molecule has 6 nitrogen and oxygen atoms in total. The van der Waals surface area contributed by atoms with E-state index in [1.165, 1.54) is 11.8 Å². The number of aryl methyl sites for hydroxylation is 1. The van der Waals surface area contributed by atoms with E-state index < -0.39 is 0 Å². The van der Waals surface area contributed by atoms with Crippen molar-refractivity contribution in [2.24, 2.45) is 7.05 Å². The monoisotopic (exact) mass is 413 g/mol. The smallest absolute Gasteiger partial charge is 0.261 e. The first kappa shape index (κ1) is 20.2. The van der Waals surface area contributed by atoms with Crippen molar-refractivity contribution in [3.8, 4) is 6.07 Å². The maximum atomic E-state index is 12.9. The number of nitrogens with one attached hydrogen (secondary N) is 1. The topological polar surface area (TPSA) is 83.6 Å². The number of hydrogen-bond acceptors (Lipinski definition) is 6. The highest BCUT2D eigenvalue weighted by Crippen LogP contribution is 2.28. The van der Waals surface area contributed by atoms with E-state index in [0.717, 1.165) is 16.9 Å². The van der Waals surface area contributed by atoms with Crippen LogP contribution in [0.2, 0.25) is 5.15 Å². The highest BCUT2D eigenvalue weighted by molar-refractivity contribution is 7.99. The number of rotatable bonds is 5. The van der Waals surface area contributed by atoms with Gasteiger partial charge in [-0.25, -0.2) is 9.97 Å². The van der Waals surface area contributed by atoms with Gasteiger partial charge in [0, 0.05) is 12.6 Å². The van der Waals surface area contributed by atoms with E-state index in [0.29, 0.717) is 21.7 Å². The minimum atomic E-state index is -0.198. The summed E-state index contributed by atoms with van der Waals surface area (Å²) in [6.07, 6.45) is 0. The quantitative estimate of drug-likeness (QED) is 0.378. The predicted molar refractivity (Wildman–Crippen MR) is 114 cm³/mol. The van der Waals surface area contributed by atoms with E-state index >= 15 is 0 Å². The Morgan fingerprint density at radius 1 is 1.36 bits per heavy atom. The predicted octanol–water partition coefficient (Wildman–Crippen LogP) is 4.45. The summed E-state index contributed by atoms with van der Waals surface area (Å²) in [5.74, 6) is 0.822. The summed E-state index contributed by atoms with van der Waals surface area (Å²) in [6.45, 7) is 5.95. The fraction of sp³-hybridized carbons (Fsp3) is 0.300. The Bertz CT molecular complexity index is 1150. The Morgan fingerprint density at radius 3 is 2.79 bits per heavy atom. The molecule has 0 saturated heterocycles. The van der Waals surface area contributed by atoms with Crippen molar-refractivity contribution < 1.29 is 0 Å². The zero-order valence-corrected chi connectivity index (χ0v) is 17.6. The second kappa shape index (κ2) is 8.21. The third-order valence-electron chi connectivity index (χ3n) is 4.39. The van der Waals surface area contributed by atoms with Crippen molar-refractivity contribution in [2.75, 3.05) is 11.1 Å². The Labute approximate surface area is 172 Å². The van der Waals surface area contributed by atoms with E-state index in [1.54, 1.807) is 23.7 Å². The number of benzene rings is 1. The summed E-state index contributed by atoms with van der Waals surface area (Å²) in [5.41, 5.74) is 3.28. The van der Waals surface area contributed by atoms with Crippen molar-refractivity contribution in [3.63, 3.8) is 0 Å². The van der Waals surface area contributed by atoms with E-state index in [9.17, 15) is 10.1 Å². The van der Waals surface area contributed by atoms with Gasteiger partial charge in [0.1, 0.15) is 11.2 Å². The van der Waals surface area contributed by atoms with Gasteiger partial charge in [-0.1, -0.05) is 36.4 Å². The zero-order valence-electron chi connectivity index (χ0n) is 16.1. The normalized spacial score (nSPS) is 12.0. The van der Waals surface area contributed by atoms with Gasteiger partial charge in [-0.05, 0) is 43.4 Å². The Hall–Kier alpha value is -2.56. The van der Waals surface area contributed by atoms with Gasteiger partial charge in [0.05, 0.1) is 22.6 Å². The van der Waals surface area contributed by atoms with Crippen LogP contribution in [0.1, 0.15) is 36.7 Å². The Kier molecular flexibility index (Phi) is 5.92. The fourth-order valence-corrected chi connectivity index (χ4v) is 3.91. The highest BCUT2D eigenvalue weighted by atomic mass is 35.5. The average Bonchev–Trinajstić information content (AvgIpc) is 2.67. The summed E-state index contributed by atoms with van der Waals surface area (Å²) in [4.78, 5) is 21.7. The third-order valence-corrected chi connectivity index (χ3v) is 5.51. The van der Waals surface area contributed by atoms with Gasteiger partial charge < -0.3 is 5.32 Å². The lowest BCUT2D eigenvalue weighted by Crippen LogP contribution is -2.21. The lowest BCUT2D eigenvalue weighted by Gasteiger charge is -2.19. The van der Waals surface area contributed by atoms with E-state index in [4.69, 9.17) is 16.6 Å². The maximum absolute atomic E-state index is 12.9. The van der Waals surface area contributed by atoms with Crippen LogP contribution < -0.4 is 10.9 Å². The van der Waals surface area contributed by atoms with Gasteiger partial charge in [-0.15, -0.1) is 0 Å². The SMILES string of the molecule is CCSc1nc2c([C@@H](C)Nc3ccc(Cl)nc3C#N)cc(C)cc2c(=O)n1C. The molecule has 0 bridgehead atoms. The Balaban J connectivity index is 2.14. The van der Waals surface area contributed by atoms with Gasteiger partial charge in [0.15, 0.2) is 10.9 Å². The number of aromatic nitrogens is 3. The van der Waals surface area contributed by atoms with Gasteiger partial charge in [0.2, 0.25) is 0 Å². The molecule has 1 N–H and O–H groups in total. The number of pyridine rings is 1. The van der Waals surface area contributed by atoms with Crippen LogP contribution in [0.25, 0.3) is 10.9 Å². The molecule has 0 amide bonds. The van der Waals surface area contributed by atoms with Crippen LogP contribution in [-0.2, 0) is 7.05 Å². The van der Waals surface area contributed by atoms with Crippen molar-refractivity contribution in [2.45, 2.75) is 32.0 Å². The molecule has 0 unspecified atom stereocenters. The van der Waals surface area contributed by atoms with Crippen LogP contribution in [0.4, 0.5) is 5.69 Å². The van der Waals surface area contributed by atoms with Gasteiger partial charge in [-0.3, -0.25) is 9.36 Å². The molecular formula is C20H20ClN5OS. The molecular weight excluding hydrogens is 394 g/mol. The molecule has 0 radical (unpaired) electrons. The number of fused-ring (bicyclic) bond motifs is 1.